The van der Waals surface area contributed by atoms with Gasteiger partial charge in [-0.1, -0.05) is 0 Å². The van der Waals surface area contributed by atoms with Crippen molar-refractivity contribution < 1.29 is 37.6 Å². The minimum atomic E-state index is -0.962. The number of hydrogen-bond donors (Lipinski definition) is 0. The molecule has 0 saturated carbocycles. The molecular weight excluding hydrogens is 288 g/mol. The first-order chi connectivity index (χ1) is 6.45. The van der Waals surface area contributed by atoms with Crippen LogP contribution in [0.5, 0.6) is 0 Å². The Balaban J connectivity index is 2.16. The maximum atomic E-state index is 4.32. The Hall–Kier alpha value is -0.323. The second-order valence-corrected chi connectivity index (χ2v) is 6.56. The summed E-state index contributed by atoms with van der Waals surface area (Å²) in [7, 11) is 0. The van der Waals surface area contributed by atoms with E-state index in [1.54, 1.807) is 0 Å². The van der Waals surface area contributed by atoms with Gasteiger partial charge < -0.3 is 0 Å². The van der Waals surface area contributed by atoms with Crippen molar-refractivity contribution in [3.05, 3.63) is 48.8 Å². The molecule has 0 atom stereocenters. The molecule has 2 heterocycles. The van der Waals surface area contributed by atoms with Gasteiger partial charge in [0, 0.05) is 0 Å². The quantitative estimate of drug-likeness (QED) is 0.807. The molecule has 0 fully saturated rings. The molecule has 2 nitrogen and oxygen atoms in total. The second-order valence-electron chi connectivity index (χ2n) is 2.55. The van der Waals surface area contributed by atoms with Gasteiger partial charge in [0.25, 0.3) is 0 Å². The number of aromatic nitrogens is 2. The monoisotopic (exact) mass is 296 g/mol. The summed E-state index contributed by atoms with van der Waals surface area (Å²) in [4.78, 5) is 8.64. The van der Waals surface area contributed by atoms with Gasteiger partial charge in [0.05, 0.1) is 0 Å². The molecule has 62 valence electrons. The number of hydrogen-bond acceptors (Lipinski definition) is 2. The molecule has 2 aromatic heterocycles. The van der Waals surface area contributed by atoms with E-state index in [0.29, 0.717) is 0 Å². The van der Waals surface area contributed by atoms with Crippen LogP contribution in [-0.4, -0.2) is 9.97 Å². The SMILES string of the molecule is c1cc[c]([Ce][c]2ccccn2)nc1. The zero-order chi connectivity index (χ0) is 8.93. The van der Waals surface area contributed by atoms with Crippen molar-refractivity contribution in [2.75, 3.05) is 0 Å². The van der Waals surface area contributed by atoms with Crippen molar-refractivity contribution in [3.63, 3.8) is 0 Å². The predicted molar refractivity (Wildman–Crippen MR) is 47.7 cm³/mol. The van der Waals surface area contributed by atoms with Crippen LogP contribution in [0.4, 0.5) is 0 Å². The van der Waals surface area contributed by atoms with Crippen molar-refractivity contribution in [1.29, 1.82) is 0 Å². The molecule has 0 aliphatic rings. The van der Waals surface area contributed by atoms with Crippen LogP contribution in [0.1, 0.15) is 0 Å². The molecule has 2 rings (SSSR count). The zero-order valence-corrected chi connectivity index (χ0v) is 10.2. The fourth-order valence-electron chi connectivity index (χ4n) is 1.00. The van der Waals surface area contributed by atoms with Crippen LogP contribution >= 0.6 is 0 Å². The third-order valence-corrected chi connectivity index (χ3v) is 5.05. The third kappa shape index (κ3) is 2.82. The Morgan fingerprint density at radius 1 is 0.769 bits per heavy atom. The normalized spacial score (nSPS) is 9.54. The molecule has 0 radical (unpaired) electrons. The summed E-state index contributed by atoms with van der Waals surface area (Å²) in [6.07, 6.45) is 3.70. The topological polar surface area (TPSA) is 25.8 Å². The summed E-state index contributed by atoms with van der Waals surface area (Å²) in [5, 5.41) is 0. The molecule has 0 unspecified atom stereocenters. The van der Waals surface area contributed by atoms with Gasteiger partial charge in [-0.2, -0.15) is 0 Å². The molecule has 2 aromatic rings. The summed E-state index contributed by atoms with van der Waals surface area (Å²) in [6, 6.07) is 12.2. The average Bonchev–Trinajstić information content (AvgIpc) is 2.21. The fraction of sp³-hybridized carbons (Fsp3) is 0. The van der Waals surface area contributed by atoms with Crippen molar-refractivity contribution in [3.8, 4) is 0 Å². The standard InChI is InChI=1S/2C5H4N.Ce/c2*1-2-4-6-5-3-1;/h2*1-4H;. The van der Waals surface area contributed by atoms with Gasteiger partial charge in [-0.3, -0.25) is 0 Å². The van der Waals surface area contributed by atoms with Gasteiger partial charge >= 0.3 is 98.7 Å². The van der Waals surface area contributed by atoms with E-state index in [2.05, 4.69) is 22.1 Å². The van der Waals surface area contributed by atoms with Crippen LogP contribution in [0, 0.1) is 37.6 Å². The Morgan fingerprint density at radius 3 is 1.69 bits per heavy atom. The van der Waals surface area contributed by atoms with E-state index in [-0.39, 0.29) is 0 Å². The first-order valence-electron chi connectivity index (χ1n) is 4.04. The van der Waals surface area contributed by atoms with Crippen molar-refractivity contribution in [2.24, 2.45) is 0 Å². The van der Waals surface area contributed by atoms with Crippen LogP contribution < -0.4 is 2.42 Å². The molecule has 13 heavy (non-hydrogen) atoms. The van der Waals surface area contributed by atoms with Crippen LogP contribution in [0.15, 0.2) is 48.8 Å². The molecule has 0 spiro atoms. The van der Waals surface area contributed by atoms with E-state index < -0.39 is 37.6 Å². The first-order valence-corrected chi connectivity index (χ1v) is 7.18. The van der Waals surface area contributed by atoms with Crippen LogP contribution in [0.25, 0.3) is 0 Å². The van der Waals surface area contributed by atoms with Crippen molar-refractivity contribution in [2.45, 2.75) is 0 Å². The average molecular weight is 296 g/mol. The molecule has 0 bridgehead atoms. The molecular formula is C10H8CeN2. The summed E-state index contributed by atoms with van der Waals surface area (Å²) >= 11 is -0.962. The molecule has 0 aliphatic carbocycles. The van der Waals surface area contributed by atoms with Gasteiger partial charge in [0.2, 0.25) is 0 Å². The van der Waals surface area contributed by atoms with Gasteiger partial charge in [0.1, 0.15) is 0 Å². The number of rotatable bonds is 2. The second kappa shape index (κ2) is 4.79. The van der Waals surface area contributed by atoms with Crippen LogP contribution in [-0.2, 0) is 0 Å². The number of nitrogens with zero attached hydrogens (tertiary/aromatic N) is 2. The Kier molecular flexibility index (Phi) is 3.40. The van der Waals surface area contributed by atoms with Crippen molar-refractivity contribution >= 4 is 2.42 Å². The molecule has 0 saturated heterocycles. The third-order valence-electron chi connectivity index (χ3n) is 1.59. The zero-order valence-electron chi connectivity index (χ0n) is 7.01. The van der Waals surface area contributed by atoms with E-state index in [0.717, 1.165) is 0 Å². The maximum absolute atomic E-state index is 4.32. The van der Waals surface area contributed by atoms with Gasteiger partial charge in [0.15, 0.2) is 0 Å². The Morgan fingerprint density at radius 2 is 1.31 bits per heavy atom. The Bertz CT molecular complexity index is 324. The van der Waals surface area contributed by atoms with Gasteiger partial charge in [-0.25, -0.2) is 0 Å². The van der Waals surface area contributed by atoms with E-state index in [1.165, 1.54) is 2.42 Å². The van der Waals surface area contributed by atoms with Gasteiger partial charge in [-0.15, -0.1) is 0 Å². The van der Waals surface area contributed by atoms with Crippen LogP contribution in [0.3, 0.4) is 0 Å². The summed E-state index contributed by atoms with van der Waals surface area (Å²) in [5.74, 6) is 0. The summed E-state index contributed by atoms with van der Waals surface area (Å²) in [6.45, 7) is 0. The predicted octanol–water partition coefficient (Wildman–Crippen LogP) is 0.512. The minimum absolute atomic E-state index is 0.962. The molecule has 3 heteroatoms. The fourth-order valence-corrected chi connectivity index (χ4v) is 3.83. The van der Waals surface area contributed by atoms with Crippen molar-refractivity contribution in [1.82, 2.24) is 9.97 Å². The Labute approximate surface area is 97.7 Å². The van der Waals surface area contributed by atoms with E-state index in [4.69, 9.17) is 0 Å². The summed E-state index contributed by atoms with van der Waals surface area (Å²) < 4.78 is 2.50. The van der Waals surface area contributed by atoms with E-state index in [1.807, 2.05) is 36.7 Å². The van der Waals surface area contributed by atoms with E-state index in [9.17, 15) is 0 Å². The molecule has 0 aromatic carbocycles. The van der Waals surface area contributed by atoms with Crippen LogP contribution in [0.2, 0.25) is 0 Å². The van der Waals surface area contributed by atoms with E-state index >= 15 is 0 Å². The molecule has 0 amide bonds. The first kappa shape index (κ1) is 9.24. The number of pyridine rings is 2. The molecule has 0 aliphatic heterocycles. The summed E-state index contributed by atoms with van der Waals surface area (Å²) in [5.41, 5.74) is 0. The van der Waals surface area contributed by atoms with Gasteiger partial charge in [-0.05, 0) is 0 Å². The molecule has 0 N–H and O–H groups in total.